The van der Waals surface area contributed by atoms with E-state index in [0.29, 0.717) is 38.6 Å². The van der Waals surface area contributed by atoms with Crippen LogP contribution in [-0.4, -0.2) is 60.2 Å². The van der Waals surface area contributed by atoms with E-state index < -0.39 is 11.8 Å². The minimum absolute atomic E-state index is 0.134. The highest BCUT2D eigenvalue weighted by molar-refractivity contribution is 6.35. The van der Waals surface area contributed by atoms with Crippen LogP contribution in [0.1, 0.15) is 17.2 Å². The Morgan fingerprint density at radius 3 is 1.89 bits per heavy atom. The van der Waals surface area contributed by atoms with Crippen molar-refractivity contribution in [2.75, 3.05) is 38.6 Å². The van der Waals surface area contributed by atoms with Crippen molar-refractivity contribution >= 4 is 23.4 Å². The van der Waals surface area contributed by atoms with E-state index in [1.54, 1.807) is 4.90 Å². The summed E-state index contributed by atoms with van der Waals surface area (Å²) in [5.74, 6) is -0.759. The van der Waals surface area contributed by atoms with Crippen LogP contribution < -0.4 is 5.32 Å². The van der Waals surface area contributed by atoms with Gasteiger partial charge >= 0.3 is 11.8 Å². The molecule has 1 N–H and O–H groups in total. The minimum Gasteiger partial charge on any atom is -0.347 e. The molecule has 6 heteroatoms. The zero-order chi connectivity index (χ0) is 19.1. The third-order valence-corrected chi connectivity index (χ3v) is 4.96. The monoisotopic (exact) mass is 385 g/mol. The van der Waals surface area contributed by atoms with Crippen LogP contribution in [-0.2, 0) is 9.59 Å². The van der Waals surface area contributed by atoms with Gasteiger partial charge in [0.1, 0.15) is 0 Å². The summed E-state index contributed by atoms with van der Waals surface area (Å²) < 4.78 is 0. The zero-order valence-electron chi connectivity index (χ0n) is 15.2. The highest BCUT2D eigenvalue weighted by atomic mass is 35.5. The summed E-state index contributed by atoms with van der Waals surface area (Å²) in [6, 6.07) is 20.9. The highest BCUT2D eigenvalue weighted by Crippen LogP contribution is 2.29. The van der Waals surface area contributed by atoms with Crippen molar-refractivity contribution in [3.05, 3.63) is 71.8 Å². The number of nitrogens with zero attached hydrogens (tertiary/aromatic N) is 2. The van der Waals surface area contributed by atoms with Gasteiger partial charge in [0.25, 0.3) is 0 Å². The molecule has 1 fully saturated rings. The topological polar surface area (TPSA) is 52.7 Å². The van der Waals surface area contributed by atoms with Gasteiger partial charge in [0.15, 0.2) is 0 Å². The van der Waals surface area contributed by atoms with Crippen LogP contribution in [0, 0.1) is 0 Å². The first-order valence-electron chi connectivity index (χ1n) is 9.17. The molecule has 142 valence electrons. The smallest absolute Gasteiger partial charge is 0.311 e. The van der Waals surface area contributed by atoms with E-state index in [9.17, 15) is 9.59 Å². The lowest BCUT2D eigenvalue weighted by atomic mass is 9.96. The van der Waals surface area contributed by atoms with Crippen molar-refractivity contribution < 1.29 is 9.59 Å². The average molecular weight is 386 g/mol. The second kappa shape index (κ2) is 9.53. The summed E-state index contributed by atoms with van der Waals surface area (Å²) >= 11 is 5.56. The van der Waals surface area contributed by atoms with Crippen molar-refractivity contribution in [3.8, 4) is 0 Å². The fraction of sp³-hybridized carbons (Fsp3) is 0.333. The van der Waals surface area contributed by atoms with Gasteiger partial charge in [-0.1, -0.05) is 60.7 Å². The second-order valence-corrected chi connectivity index (χ2v) is 6.87. The van der Waals surface area contributed by atoms with Gasteiger partial charge in [-0.25, -0.2) is 0 Å². The third-order valence-electron chi connectivity index (χ3n) is 4.77. The Hall–Kier alpha value is -2.37. The predicted octanol–water partition coefficient (Wildman–Crippen LogP) is 2.28. The standard InChI is InChI=1S/C21H24ClN3O2/c22-11-12-23-20(26)21(27)25-15-13-24(14-16-25)19(17-7-3-1-4-8-17)18-9-5-2-6-10-18/h1-10,19H,11-16H2,(H,23,26). The van der Waals surface area contributed by atoms with Crippen molar-refractivity contribution in [1.29, 1.82) is 0 Å². The fourth-order valence-electron chi connectivity index (χ4n) is 3.45. The van der Waals surface area contributed by atoms with Crippen LogP contribution >= 0.6 is 11.6 Å². The maximum atomic E-state index is 12.3. The summed E-state index contributed by atoms with van der Waals surface area (Å²) in [6.07, 6.45) is 0. The van der Waals surface area contributed by atoms with Gasteiger partial charge in [-0.15, -0.1) is 11.6 Å². The molecule has 0 bridgehead atoms. The van der Waals surface area contributed by atoms with Crippen LogP contribution in [0.5, 0.6) is 0 Å². The van der Waals surface area contributed by atoms with Crippen LogP contribution in [0.15, 0.2) is 60.7 Å². The van der Waals surface area contributed by atoms with E-state index in [1.165, 1.54) is 11.1 Å². The highest BCUT2D eigenvalue weighted by Gasteiger charge is 2.30. The molecule has 0 unspecified atom stereocenters. The lowest BCUT2D eigenvalue weighted by molar-refractivity contribution is -0.147. The number of nitrogens with one attached hydrogen (secondary N) is 1. The molecule has 2 aromatic rings. The molecule has 0 radical (unpaired) electrons. The van der Waals surface area contributed by atoms with Crippen LogP contribution in [0.3, 0.4) is 0 Å². The fourth-order valence-corrected chi connectivity index (χ4v) is 3.54. The molecule has 0 aromatic heterocycles. The van der Waals surface area contributed by atoms with Gasteiger partial charge in [0.05, 0.1) is 6.04 Å². The van der Waals surface area contributed by atoms with Gasteiger partial charge in [-0.05, 0) is 11.1 Å². The van der Waals surface area contributed by atoms with Crippen molar-refractivity contribution in [2.24, 2.45) is 0 Å². The molecular weight excluding hydrogens is 362 g/mol. The molecule has 0 aliphatic carbocycles. The van der Waals surface area contributed by atoms with E-state index in [0.717, 1.165) is 0 Å². The van der Waals surface area contributed by atoms with Crippen molar-refractivity contribution in [3.63, 3.8) is 0 Å². The normalized spacial score (nSPS) is 15.0. The molecule has 2 aromatic carbocycles. The average Bonchev–Trinajstić information content (AvgIpc) is 2.74. The largest absolute Gasteiger partial charge is 0.347 e. The minimum atomic E-state index is -0.577. The molecule has 1 aliphatic heterocycles. The molecule has 1 heterocycles. The van der Waals surface area contributed by atoms with E-state index in [1.807, 2.05) is 36.4 Å². The van der Waals surface area contributed by atoms with E-state index in [-0.39, 0.29) is 6.04 Å². The number of piperazine rings is 1. The molecule has 0 spiro atoms. The Morgan fingerprint density at radius 2 is 1.41 bits per heavy atom. The van der Waals surface area contributed by atoms with Gasteiger partial charge in [-0.3, -0.25) is 14.5 Å². The lowest BCUT2D eigenvalue weighted by Gasteiger charge is -2.39. The van der Waals surface area contributed by atoms with E-state index >= 15 is 0 Å². The number of hydrogen-bond donors (Lipinski definition) is 1. The first-order valence-corrected chi connectivity index (χ1v) is 9.71. The first-order chi connectivity index (χ1) is 13.2. The molecule has 2 amide bonds. The number of halogens is 1. The summed E-state index contributed by atoms with van der Waals surface area (Å²) in [7, 11) is 0. The Balaban J connectivity index is 1.70. The molecule has 0 saturated carbocycles. The quantitative estimate of drug-likeness (QED) is 0.634. The number of carbonyl (C=O) groups excluding carboxylic acids is 2. The van der Waals surface area contributed by atoms with Gasteiger partial charge < -0.3 is 10.2 Å². The number of hydrogen-bond acceptors (Lipinski definition) is 3. The zero-order valence-corrected chi connectivity index (χ0v) is 15.9. The molecule has 27 heavy (non-hydrogen) atoms. The Morgan fingerprint density at radius 1 is 0.889 bits per heavy atom. The first kappa shape index (κ1) is 19.4. The maximum absolute atomic E-state index is 12.3. The Kier molecular flexibility index (Phi) is 6.85. The number of rotatable bonds is 5. The molecule has 1 saturated heterocycles. The summed E-state index contributed by atoms with van der Waals surface area (Å²) in [6.45, 7) is 2.79. The summed E-state index contributed by atoms with van der Waals surface area (Å²) in [5, 5.41) is 2.54. The van der Waals surface area contributed by atoms with Crippen molar-refractivity contribution in [1.82, 2.24) is 15.1 Å². The second-order valence-electron chi connectivity index (χ2n) is 6.50. The number of alkyl halides is 1. The van der Waals surface area contributed by atoms with Crippen LogP contribution in [0.25, 0.3) is 0 Å². The molecule has 3 rings (SSSR count). The van der Waals surface area contributed by atoms with Crippen LogP contribution in [0.2, 0.25) is 0 Å². The number of carbonyl (C=O) groups is 2. The molecule has 0 atom stereocenters. The van der Waals surface area contributed by atoms with E-state index in [2.05, 4.69) is 34.5 Å². The summed E-state index contributed by atoms with van der Waals surface area (Å²) in [4.78, 5) is 28.1. The Bertz CT molecular complexity index is 707. The van der Waals surface area contributed by atoms with Gasteiger partial charge in [-0.2, -0.15) is 0 Å². The van der Waals surface area contributed by atoms with Gasteiger partial charge in [0, 0.05) is 38.6 Å². The number of benzene rings is 2. The third kappa shape index (κ3) is 4.87. The van der Waals surface area contributed by atoms with Gasteiger partial charge in [0.2, 0.25) is 0 Å². The molecular formula is C21H24ClN3O2. The SMILES string of the molecule is O=C(NCCCl)C(=O)N1CCN(C(c2ccccc2)c2ccccc2)CC1. The van der Waals surface area contributed by atoms with E-state index in [4.69, 9.17) is 11.6 Å². The predicted molar refractivity (Wildman–Crippen MR) is 107 cm³/mol. The molecule has 1 aliphatic rings. The Labute approximate surface area is 164 Å². The van der Waals surface area contributed by atoms with Crippen molar-refractivity contribution in [2.45, 2.75) is 6.04 Å². The maximum Gasteiger partial charge on any atom is 0.311 e. The van der Waals surface area contributed by atoms with Crippen LogP contribution in [0.4, 0.5) is 0 Å². The lowest BCUT2D eigenvalue weighted by Crippen LogP contribution is -2.53. The number of amides is 2. The molecule has 5 nitrogen and oxygen atoms in total. The summed E-state index contributed by atoms with van der Waals surface area (Å²) in [5.41, 5.74) is 2.45.